The summed E-state index contributed by atoms with van der Waals surface area (Å²) in [5.41, 5.74) is 6.72. The van der Waals surface area contributed by atoms with Gasteiger partial charge in [-0.1, -0.05) is 12.5 Å². The maximum atomic E-state index is 11.2. The molecule has 1 amide bonds. The summed E-state index contributed by atoms with van der Waals surface area (Å²) in [4.78, 5) is 17.8. The van der Waals surface area contributed by atoms with Crippen LogP contribution >= 0.6 is 0 Å². The third-order valence-electron chi connectivity index (χ3n) is 3.49. The van der Waals surface area contributed by atoms with E-state index in [1.165, 1.54) is 32.4 Å². The van der Waals surface area contributed by atoms with Gasteiger partial charge in [0.05, 0.1) is 0 Å². The van der Waals surface area contributed by atoms with E-state index in [-0.39, 0.29) is 0 Å². The summed E-state index contributed by atoms with van der Waals surface area (Å²) in [6, 6.07) is 3.81. The van der Waals surface area contributed by atoms with Crippen LogP contribution in [0.3, 0.4) is 0 Å². The van der Waals surface area contributed by atoms with Crippen molar-refractivity contribution in [1.29, 1.82) is 0 Å². The summed E-state index contributed by atoms with van der Waals surface area (Å²) in [5, 5.41) is 0. The van der Waals surface area contributed by atoms with Gasteiger partial charge in [0, 0.05) is 6.20 Å². The zero-order valence-electron chi connectivity index (χ0n) is 10.8. The standard InChI is InChI=1S/C14H21N3O/c15-14(18)13-12(6-4-8-16-13)7-5-11-17-9-2-1-3-10-17/h4,6,8H,1-3,5,7,9-11H2,(H2,15,18). The molecule has 0 saturated carbocycles. The highest BCUT2D eigenvalue weighted by molar-refractivity contribution is 5.92. The van der Waals surface area contributed by atoms with Crippen molar-refractivity contribution in [2.75, 3.05) is 19.6 Å². The van der Waals surface area contributed by atoms with E-state index >= 15 is 0 Å². The molecule has 4 nitrogen and oxygen atoms in total. The highest BCUT2D eigenvalue weighted by Gasteiger charge is 2.11. The van der Waals surface area contributed by atoms with Gasteiger partial charge in [-0.15, -0.1) is 0 Å². The van der Waals surface area contributed by atoms with Gasteiger partial charge < -0.3 is 10.6 Å². The van der Waals surface area contributed by atoms with Crippen LogP contribution in [0.2, 0.25) is 0 Å². The molecule has 1 aliphatic heterocycles. The van der Waals surface area contributed by atoms with E-state index in [1.807, 2.05) is 12.1 Å². The van der Waals surface area contributed by atoms with E-state index in [0.717, 1.165) is 24.9 Å². The molecule has 2 N–H and O–H groups in total. The molecule has 0 atom stereocenters. The van der Waals surface area contributed by atoms with Crippen molar-refractivity contribution in [2.24, 2.45) is 5.73 Å². The fourth-order valence-electron chi connectivity index (χ4n) is 2.54. The molecule has 1 aliphatic rings. The number of amides is 1. The molecular weight excluding hydrogens is 226 g/mol. The lowest BCUT2D eigenvalue weighted by Crippen LogP contribution is -2.30. The SMILES string of the molecule is NC(=O)c1ncccc1CCCN1CCCCC1. The lowest BCUT2D eigenvalue weighted by molar-refractivity contribution is 0.0994. The number of pyridine rings is 1. The van der Waals surface area contributed by atoms with Crippen molar-refractivity contribution in [3.05, 3.63) is 29.6 Å². The fraction of sp³-hybridized carbons (Fsp3) is 0.571. The number of likely N-dealkylation sites (tertiary alicyclic amines) is 1. The second kappa shape index (κ2) is 6.50. The highest BCUT2D eigenvalue weighted by atomic mass is 16.1. The summed E-state index contributed by atoms with van der Waals surface area (Å²) in [5.74, 6) is -0.427. The van der Waals surface area contributed by atoms with Gasteiger partial charge in [0.2, 0.25) is 0 Å². The van der Waals surface area contributed by atoms with Crippen LogP contribution in [0.15, 0.2) is 18.3 Å². The minimum atomic E-state index is -0.427. The van der Waals surface area contributed by atoms with E-state index in [9.17, 15) is 4.79 Å². The fourth-order valence-corrected chi connectivity index (χ4v) is 2.54. The van der Waals surface area contributed by atoms with Gasteiger partial charge >= 0.3 is 0 Å². The quantitative estimate of drug-likeness (QED) is 0.859. The molecule has 1 aromatic heterocycles. The van der Waals surface area contributed by atoms with Gasteiger partial charge in [-0.25, -0.2) is 0 Å². The molecule has 0 aromatic carbocycles. The van der Waals surface area contributed by atoms with E-state index in [2.05, 4.69) is 9.88 Å². The second-order valence-electron chi connectivity index (χ2n) is 4.88. The number of nitrogens with two attached hydrogens (primary N) is 1. The first kappa shape index (κ1) is 13.0. The lowest BCUT2D eigenvalue weighted by Gasteiger charge is -2.26. The van der Waals surface area contributed by atoms with Crippen LogP contribution in [0.4, 0.5) is 0 Å². The van der Waals surface area contributed by atoms with Gasteiger partial charge in [0.1, 0.15) is 5.69 Å². The molecule has 18 heavy (non-hydrogen) atoms. The molecule has 1 fully saturated rings. The smallest absolute Gasteiger partial charge is 0.267 e. The molecule has 0 spiro atoms. The first-order valence-corrected chi connectivity index (χ1v) is 6.73. The average molecular weight is 247 g/mol. The Morgan fingerprint density at radius 2 is 2.11 bits per heavy atom. The van der Waals surface area contributed by atoms with E-state index in [0.29, 0.717) is 5.69 Å². The third-order valence-corrected chi connectivity index (χ3v) is 3.49. The van der Waals surface area contributed by atoms with E-state index in [4.69, 9.17) is 5.73 Å². The van der Waals surface area contributed by atoms with Gasteiger partial charge in [-0.2, -0.15) is 0 Å². The minimum absolute atomic E-state index is 0.427. The third kappa shape index (κ3) is 3.53. The monoisotopic (exact) mass is 247 g/mol. The molecule has 1 aromatic rings. The maximum Gasteiger partial charge on any atom is 0.267 e. The summed E-state index contributed by atoms with van der Waals surface area (Å²) < 4.78 is 0. The molecule has 1 saturated heterocycles. The van der Waals surface area contributed by atoms with Crippen LogP contribution in [0.5, 0.6) is 0 Å². The van der Waals surface area contributed by atoms with Crippen molar-refractivity contribution >= 4 is 5.91 Å². The Labute approximate surface area is 108 Å². The van der Waals surface area contributed by atoms with Gasteiger partial charge in [-0.05, 0) is 56.9 Å². The van der Waals surface area contributed by atoms with E-state index < -0.39 is 5.91 Å². The van der Waals surface area contributed by atoms with Crippen LogP contribution < -0.4 is 5.73 Å². The van der Waals surface area contributed by atoms with Crippen molar-refractivity contribution < 1.29 is 4.79 Å². The number of aryl methyl sites for hydroxylation is 1. The van der Waals surface area contributed by atoms with Crippen LogP contribution in [0, 0.1) is 0 Å². The van der Waals surface area contributed by atoms with Crippen molar-refractivity contribution in [3.8, 4) is 0 Å². The molecule has 2 heterocycles. The molecule has 0 unspecified atom stereocenters. The molecule has 0 radical (unpaired) electrons. The molecule has 0 aliphatic carbocycles. The summed E-state index contributed by atoms with van der Waals surface area (Å²) in [7, 11) is 0. The molecule has 0 bridgehead atoms. The van der Waals surface area contributed by atoms with E-state index in [1.54, 1.807) is 6.20 Å². The normalized spacial score (nSPS) is 16.7. The average Bonchev–Trinajstić information content (AvgIpc) is 2.40. The predicted octanol–water partition coefficient (Wildman–Crippen LogP) is 1.60. The Morgan fingerprint density at radius 1 is 1.33 bits per heavy atom. The van der Waals surface area contributed by atoms with Gasteiger partial charge in [0.15, 0.2) is 0 Å². The number of carbonyl (C=O) groups is 1. The molecule has 2 rings (SSSR count). The number of hydrogen-bond acceptors (Lipinski definition) is 3. The number of nitrogens with zero attached hydrogens (tertiary/aromatic N) is 2. The molecular formula is C14H21N3O. The second-order valence-corrected chi connectivity index (χ2v) is 4.88. The summed E-state index contributed by atoms with van der Waals surface area (Å²) >= 11 is 0. The first-order chi connectivity index (χ1) is 8.77. The molecule has 98 valence electrons. The number of rotatable bonds is 5. The Hall–Kier alpha value is -1.42. The molecule has 4 heteroatoms. The Morgan fingerprint density at radius 3 is 2.83 bits per heavy atom. The van der Waals surface area contributed by atoms with Crippen molar-refractivity contribution in [2.45, 2.75) is 32.1 Å². The van der Waals surface area contributed by atoms with Crippen molar-refractivity contribution in [3.63, 3.8) is 0 Å². The van der Waals surface area contributed by atoms with Gasteiger partial charge in [0.25, 0.3) is 5.91 Å². The predicted molar refractivity (Wildman–Crippen MR) is 71.4 cm³/mol. The van der Waals surface area contributed by atoms with Crippen molar-refractivity contribution in [1.82, 2.24) is 9.88 Å². The summed E-state index contributed by atoms with van der Waals surface area (Å²) in [6.45, 7) is 3.54. The number of piperidine rings is 1. The largest absolute Gasteiger partial charge is 0.364 e. The highest BCUT2D eigenvalue weighted by Crippen LogP contribution is 2.12. The summed E-state index contributed by atoms with van der Waals surface area (Å²) in [6.07, 6.45) is 7.56. The van der Waals surface area contributed by atoms with Gasteiger partial charge in [-0.3, -0.25) is 9.78 Å². The zero-order chi connectivity index (χ0) is 12.8. The Bertz CT molecular complexity index is 400. The number of primary amides is 1. The maximum absolute atomic E-state index is 11.2. The lowest BCUT2D eigenvalue weighted by atomic mass is 10.1. The number of hydrogen-bond donors (Lipinski definition) is 1. The number of carbonyl (C=O) groups excluding carboxylic acids is 1. The Balaban J connectivity index is 1.84. The Kier molecular flexibility index (Phi) is 4.70. The first-order valence-electron chi connectivity index (χ1n) is 6.73. The minimum Gasteiger partial charge on any atom is -0.364 e. The van der Waals surface area contributed by atoms with Crippen LogP contribution in [-0.2, 0) is 6.42 Å². The van der Waals surface area contributed by atoms with Crippen LogP contribution in [-0.4, -0.2) is 35.4 Å². The van der Waals surface area contributed by atoms with Crippen LogP contribution in [0.1, 0.15) is 41.7 Å². The number of aromatic nitrogens is 1. The zero-order valence-corrected chi connectivity index (χ0v) is 10.8. The topological polar surface area (TPSA) is 59.2 Å². The van der Waals surface area contributed by atoms with Crippen LogP contribution in [0.25, 0.3) is 0 Å².